The van der Waals surface area contributed by atoms with Crippen LogP contribution in [0.2, 0.25) is 0 Å². The maximum Gasteiger partial charge on any atom is 0.286 e. The van der Waals surface area contributed by atoms with Gasteiger partial charge in [-0.15, -0.1) is 11.3 Å². The van der Waals surface area contributed by atoms with Gasteiger partial charge in [0.1, 0.15) is 4.88 Å². The van der Waals surface area contributed by atoms with Gasteiger partial charge in [-0.1, -0.05) is 30.3 Å². The predicted molar refractivity (Wildman–Crippen MR) is 88.2 cm³/mol. The van der Waals surface area contributed by atoms with E-state index in [9.17, 15) is 4.79 Å². The highest BCUT2D eigenvalue weighted by Crippen LogP contribution is 2.21. The van der Waals surface area contributed by atoms with Gasteiger partial charge in [0, 0.05) is 19.4 Å². The molecule has 122 valence electrons. The zero-order chi connectivity index (χ0) is 16.1. The molecule has 0 aliphatic carbocycles. The van der Waals surface area contributed by atoms with Crippen LogP contribution >= 0.6 is 11.3 Å². The van der Waals surface area contributed by atoms with Crippen molar-refractivity contribution in [3.8, 4) is 0 Å². The lowest BCUT2D eigenvalue weighted by Crippen LogP contribution is -2.33. The summed E-state index contributed by atoms with van der Waals surface area (Å²) in [5.41, 5.74) is 4.40. The summed E-state index contributed by atoms with van der Waals surface area (Å²) in [7, 11) is 0. The van der Waals surface area contributed by atoms with Gasteiger partial charge in [-0.2, -0.15) is 0 Å². The van der Waals surface area contributed by atoms with Crippen molar-refractivity contribution in [1.82, 2.24) is 10.5 Å². The third-order valence-corrected chi connectivity index (χ3v) is 4.82. The van der Waals surface area contributed by atoms with Crippen molar-refractivity contribution in [3.05, 3.63) is 51.5 Å². The van der Waals surface area contributed by atoms with E-state index in [1.165, 1.54) is 16.9 Å². The number of hydrogen-bond acceptors (Lipinski definition) is 5. The lowest BCUT2D eigenvalue weighted by molar-refractivity contribution is -0.186. The number of ether oxygens (including phenoxy) is 1. The standard InChI is InChI=1S/C17H20N2O3S/c1-12-16(17(20)19-22-15-9-5-6-10-21-15)23-14(18-12)11-13-7-3-2-4-8-13/h2-4,7-8,15H,5-6,9-11H2,1H3,(H,19,20)/t15-/m1/s1. The van der Waals surface area contributed by atoms with Crippen molar-refractivity contribution in [2.45, 2.75) is 38.9 Å². The van der Waals surface area contributed by atoms with E-state index in [4.69, 9.17) is 9.57 Å². The van der Waals surface area contributed by atoms with E-state index in [2.05, 4.69) is 22.6 Å². The quantitative estimate of drug-likeness (QED) is 0.854. The molecule has 3 rings (SSSR count). The molecule has 1 saturated heterocycles. The minimum Gasteiger partial charge on any atom is -0.350 e. The van der Waals surface area contributed by atoms with Crippen LogP contribution in [-0.2, 0) is 16.0 Å². The second-order valence-corrected chi connectivity index (χ2v) is 6.61. The molecule has 1 aromatic carbocycles. The highest BCUT2D eigenvalue weighted by Gasteiger charge is 2.19. The van der Waals surface area contributed by atoms with Gasteiger partial charge in [0.2, 0.25) is 0 Å². The van der Waals surface area contributed by atoms with Crippen LogP contribution in [0.25, 0.3) is 0 Å². The van der Waals surface area contributed by atoms with Crippen molar-refractivity contribution in [3.63, 3.8) is 0 Å². The maximum atomic E-state index is 12.3. The van der Waals surface area contributed by atoms with Crippen molar-refractivity contribution >= 4 is 17.2 Å². The molecule has 0 radical (unpaired) electrons. The number of carbonyl (C=O) groups excluding carboxylic acids is 1. The van der Waals surface area contributed by atoms with E-state index in [-0.39, 0.29) is 12.2 Å². The second-order valence-electron chi connectivity index (χ2n) is 5.53. The van der Waals surface area contributed by atoms with Crippen LogP contribution in [0, 0.1) is 6.92 Å². The van der Waals surface area contributed by atoms with Gasteiger partial charge in [-0.3, -0.25) is 4.79 Å². The Morgan fingerprint density at radius 1 is 1.39 bits per heavy atom. The molecule has 1 amide bonds. The minimum absolute atomic E-state index is 0.256. The number of benzene rings is 1. The number of aromatic nitrogens is 1. The van der Waals surface area contributed by atoms with Gasteiger partial charge in [0.25, 0.3) is 5.91 Å². The van der Waals surface area contributed by atoms with E-state index in [1.807, 2.05) is 25.1 Å². The number of carbonyl (C=O) groups is 1. The Balaban J connectivity index is 1.59. The van der Waals surface area contributed by atoms with Gasteiger partial charge in [0.05, 0.1) is 10.7 Å². The summed E-state index contributed by atoms with van der Waals surface area (Å²) in [5, 5.41) is 0.924. The fourth-order valence-electron chi connectivity index (χ4n) is 2.48. The van der Waals surface area contributed by atoms with Crippen LogP contribution < -0.4 is 5.48 Å². The molecular weight excluding hydrogens is 312 g/mol. The molecule has 1 fully saturated rings. The van der Waals surface area contributed by atoms with Crippen LogP contribution in [-0.4, -0.2) is 23.8 Å². The first kappa shape index (κ1) is 16.1. The maximum absolute atomic E-state index is 12.3. The largest absolute Gasteiger partial charge is 0.350 e. The number of aryl methyl sites for hydroxylation is 1. The van der Waals surface area contributed by atoms with E-state index in [1.54, 1.807) is 0 Å². The molecular formula is C17H20N2O3S. The van der Waals surface area contributed by atoms with Crippen LogP contribution in [0.4, 0.5) is 0 Å². The number of hydroxylamine groups is 1. The molecule has 1 atom stereocenters. The van der Waals surface area contributed by atoms with Gasteiger partial charge < -0.3 is 4.74 Å². The molecule has 2 aromatic rings. The summed E-state index contributed by atoms with van der Waals surface area (Å²) in [6.07, 6.45) is 3.30. The van der Waals surface area contributed by atoms with Crippen molar-refractivity contribution < 1.29 is 14.4 Å². The molecule has 1 aliphatic rings. The molecule has 0 bridgehead atoms. The Morgan fingerprint density at radius 3 is 2.96 bits per heavy atom. The lowest BCUT2D eigenvalue weighted by atomic mass is 10.2. The van der Waals surface area contributed by atoms with E-state index in [0.29, 0.717) is 11.5 Å². The minimum atomic E-state index is -0.343. The van der Waals surface area contributed by atoms with Crippen LogP contribution in [0.3, 0.4) is 0 Å². The molecule has 0 saturated carbocycles. The van der Waals surface area contributed by atoms with E-state index < -0.39 is 0 Å². The lowest BCUT2D eigenvalue weighted by Gasteiger charge is -2.21. The average Bonchev–Trinajstić information content (AvgIpc) is 2.95. The van der Waals surface area contributed by atoms with Gasteiger partial charge in [0.15, 0.2) is 6.29 Å². The first-order valence-corrected chi connectivity index (χ1v) is 8.62. The van der Waals surface area contributed by atoms with Gasteiger partial charge >= 0.3 is 0 Å². The molecule has 1 aromatic heterocycles. The predicted octanol–water partition coefficient (Wildman–Crippen LogP) is 3.23. The molecule has 0 unspecified atom stereocenters. The number of thiazole rings is 1. The summed E-state index contributed by atoms with van der Waals surface area (Å²) in [5.74, 6) is -0.256. The molecule has 0 spiro atoms. The number of nitrogens with zero attached hydrogens (tertiary/aromatic N) is 1. The number of nitrogens with one attached hydrogen (secondary N) is 1. The Kier molecular flexibility index (Phi) is 5.38. The first-order chi connectivity index (χ1) is 11.2. The molecule has 2 heterocycles. The zero-order valence-corrected chi connectivity index (χ0v) is 13.9. The Bertz CT molecular complexity index is 651. The molecule has 6 heteroatoms. The highest BCUT2D eigenvalue weighted by molar-refractivity contribution is 7.13. The monoisotopic (exact) mass is 332 g/mol. The fourth-order valence-corrected chi connectivity index (χ4v) is 3.46. The summed E-state index contributed by atoms with van der Waals surface area (Å²) in [6.45, 7) is 2.53. The van der Waals surface area contributed by atoms with E-state index >= 15 is 0 Å². The molecule has 1 N–H and O–H groups in total. The third-order valence-electron chi connectivity index (χ3n) is 3.67. The van der Waals surface area contributed by atoms with Crippen molar-refractivity contribution in [1.29, 1.82) is 0 Å². The number of rotatable bonds is 5. The van der Waals surface area contributed by atoms with Gasteiger partial charge in [-0.25, -0.2) is 15.3 Å². The number of amides is 1. The summed E-state index contributed by atoms with van der Waals surface area (Å²) in [4.78, 5) is 22.7. The Labute approximate surface area is 139 Å². The summed E-state index contributed by atoms with van der Waals surface area (Å²) < 4.78 is 5.43. The summed E-state index contributed by atoms with van der Waals surface area (Å²) in [6, 6.07) is 10.1. The first-order valence-electron chi connectivity index (χ1n) is 7.80. The van der Waals surface area contributed by atoms with Crippen LogP contribution in [0.1, 0.15) is 45.2 Å². The zero-order valence-electron chi connectivity index (χ0n) is 13.1. The second kappa shape index (κ2) is 7.68. The fraction of sp³-hybridized carbons (Fsp3) is 0.412. The van der Waals surface area contributed by atoms with Crippen LogP contribution in [0.5, 0.6) is 0 Å². The van der Waals surface area contributed by atoms with Crippen molar-refractivity contribution in [2.75, 3.05) is 6.61 Å². The SMILES string of the molecule is Cc1nc(Cc2ccccc2)sc1C(=O)NO[C@@H]1CCCCO1. The Hall–Kier alpha value is -1.76. The van der Waals surface area contributed by atoms with E-state index in [0.717, 1.165) is 36.4 Å². The molecule has 1 aliphatic heterocycles. The summed E-state index contributed by atoms with van der Waals surface area (Å²) >= 11 is 1.41. The average molecular weight is 332 g/mol. The van der Waals surface area contributed by atoms with Crippen LogP contribution in [0.15, 0.2) is 30.3 Å². The van der Waals surface area contributed by atoms with Crippen molar-refractivity contribution in [2.24, 2.45) is 0 Å². The number of hydrogen-bond donors (Lipinski definition) is 1. The van der Waals surface area contributed by atoms with Gasteiger partial charge in [-0.05, 0) is 25.3 Å². The topological polar surface area (TPSA) is 60.5 Å². The Morgan fingerprint density at radius 2 is 2.22 bits per heavy atom. The normalized spacial score (nSPS) is 17.9. The smallest absolute Gasteiger partial charge is 0.286 e. The molecule has 23 heavy (non-hydrogen) atoms. The molecule has 5 nitrogen and oxygen atoms in total. The highest BCUT2D eigenvalue weighted by atomic mass is 32.1. The third kappa shape index (κ3) is 4.37.